The van der Waals surface area contributed by atoms with E-state index in [9.17, 15) is 9.59 Å². The molecule has 1 heterocycles. The van der Waals surface area contributed by atoms with E-state index in [4.69, 9.17) is 21.5 Å². The van der Waals surface area contributed by atoms with Crippen molar-refractivity contribution in [2.75, 3.05) is 20.7 Å². The minimum absolute atomic E-state index is 0.0375. The Morgan fingerprint density at radius 1 is 1.53 bits per heavy atom. The van der Waals surface area contributed by atoms with Gasteiger partial charge in [-0.05, 0) is 26.1 Å². The van der Waals surface area contributed by atoms with E-state index in [1.165, 1.54) is 6.92 Å². The first-order chi connectivity index (χ1) is 7.90. The van der Waals surface area contributed by atoms with Crippen LogP contribution in [0.2, 0.25) is 0 Å². The Labute approximate surface area is 104 Å². The van der Waals surface area contributed by atoms with E-state index < -0.39 is 11.6 Å². The predicted octanol–water partition coefficient (Wildman–Crippen LogP) is 0.621. The van der Waals surface area contributed by atoms with Gasteiger partial charge in [-0.25, -0.2) is 9.59 Å². The molecule has 0 aliphatic heterocycles. The lowest BCUT2D eigenvalue weighted by Gasteiger charge is -2.14. The van der Waals surface area contributed by atoms with Crippen molar-refractivity contribution >= 4 is 23.3 Å². The summed E-state index contributed by atoms with van der Waals surface area (Å²) in [5, 5.41) is 0.207. The number of aromatic nitrogens is 1. The van der Waals surface area contributed by atoms with E-state index in [2.05, 4.69) is 0 Å². The summed E-state index contributed by atoms with van der Waals surface area (Å²) >= 11 is 5.06. The second kappa shape index (κ2) is 5.13. The lowest BCUT2D eigenvalue weighted by atomic mass is 10.3. The minimum atomic E-state index is -0.625. The Morgan fingerprint density at radius 2 is 2.12 bits per heavy atom. The quantitative estimate of drug-likeness (QED) is 0.572. The summed E-state index contributed by atoms with van der Waals surface area (Å²) < 4.78 is 10.8. The maximum atomic E-state index is 11.7. The highest BCUT2D eigenvalue weighted by Gasteiger charge is 2.24. The molecule has 1 aromatic rings. The lowest BCUT2D eigenvalue weighted by Crippen LogP contribution is -2.29. The Morgan fingerprint density at radius 3 is 2.59 bits per heavy atom. The van der Waals surface area contributed by atoms with Gasteiger partial charge in [0.25, 0.3) is 0 Å². The van der Waals surface area contributed by atoms with Crippen LogP contribution >= 0.6 is 12.2 Å². The van der Waals surface area contributed by atoms with Gasteiger partial charge in [0.15, 0.2) is 5.69 Å². The number of ether oxygens (including phenoxy) is 1. The molecule has 0 bridgehead atoms. The van der Waals surface area contributed by atoms with Gasteiger partial charge in [0.05, 0.1) is 12.2 Å². The fourth-order valence-corrected chi connectivity index (χ4v) is 1.33. The third-order valence-electron chi connectivity index (χ3n) is 2.06. The van der Waals surface area contributed by atoms with Gasteiger partial charge in [0, 0.05) is 14.1 Å². The molecular weight excluding hydrogens is 244 g/mol. The molecule has 0 atom stereocenters. The Kier molecular flexibility index (Phi) is 4.06. The van der Waals surface area contributed by atoms with Crippen LogP contribution in [-0.2, 0) is 4.74 Å². The summed E-state index contributed by atoms with van der Waals surface area (Å²) in [6.07, 6.45) is 0. The molecular formula is C10H14N2O4S. The number of rotatable bonds is 2. The van der Waals surface area contributed by atoms with Gasteiger partial charge < -0.3 is 14.2 Å². The molecule has 0 unspecified atom stereocenters. The Hall–Kier alpha value is -1.63. The van der Waals surface area contributed by atoms with Crippen molar-refractivity contribution in [2.24, 2.45) is 0 Å². The average molecular weight is 258 g/mol. The smallest absolute Gasteiger partial charge is 0.361 e. The fourth-order valence-electron chi connectivity index (χ4n) is 1.20. The summed E-state index contributed by atoms with van der Waals surface area (Å²) in [4.78, 5) is 24.7. The van der Waals surface area contributed by atoms with Crippen molar-refractivity contribution in [1.82, 2.24) is 9.64 Å². The van der Waals surface area contributed by atoms with E-state index in [0.717, 1.165) is 4.74 Å². The number of hydrogen-bond donors (Lipinski definition) is 0. The summed E-state index contributed by atoms with van der Waals surface area (Å²) in [6.45, 7) is 3.39. The first-order valence-corrected chi connectivity index (χ1v) is 5.42. The molecule has 0 N–H and O–H groups in total. The van der Waals surface area contributed by atoms with E-state index >= 15 is 0 Å². The molecule has 1 aromatic heterocycles. The molecule has 1 rings (SSSR count). The molecule has 0 saturated carbocycles. The van der Waals surface area contributed by atoms with Crippen LogP contribution in [0.5, 0.6) is 0 Å². The molecule has 7 heteroatoms. The highest BCUT2D eigenvalue weighted by atomic mass is 32.1. The maximum absolute atomic E-state index is 11.7. The molecule has 0 aliphatic carbocycles. The van der Waals surface area contributed by atoms with Crippen LogP contribution < -0.4 is 5.63 Å². The zero-order valence-electron chi connectivity index (χ0n) is 10.1. The highest BCUT2D eigenvalue weighted by molar-refractivity contribution is 7.80. The average Bonchev–Trinajstić information content (AvgIpc) is 2.54. The van der Waals surface area contributed by atoms with Gasteiger partial charge in [0.2, 0.25) is 5.11 Å². The highest BCUT2D eigenvalue weighted by Crippen LogP contribution is 2.08. The maximum Gasteiger partial charge on any atom is 0.361 e. The van der Waals surface area contributed by atoms with Crippen LogP contribution in [0.25, 0.3) is 0 Å². The standard InChI is InChI=1S/C10H14N2O4S/c1-5-15-9(14)7-6(2)8(13)16-12(7)10(17)11(3)4/h5H2,1-4H3. The van der Waals surface area contributed by atoms with Crippen molar-refractivity contribution in [2.45, 2.75) is 13.8 Å². The number of nitrogens with zero attached hydrogens (tertiary/aromatic N) is 2. The predicted molar refractivity (Wildman–Crippen MR) is 65.3 cm³/mol. The third-order valence-corrected chi connectivity index (χ3v) is 2.59. The van der Waals surface area contributed by atoms with Crippen LogP contribution in [0.3, 0.4) is 0 Å². The van der Waals surface area contributed by atoms with Crippen molar-refractivity contribution in [3.63, 3.8) is 0 Å². The SMILES string of the molecule is CCOC(=O)c1c(C)c(=O)on1C(=S)N(C)C. The van der Waals surface area contributed by atoms with E-state index in [0.29, 0.717) is 0 Å². The first kappa shape index (κ1) is 13.4. The molecule has 6 nitrogen and oxygen atoms in total. The Bertz CT molecular complexity index is 501. The summed E-state index contributed by atoms with van der Waals surface area (Å²) in [5.74, 6) is -0.625. The van der Waals surface area contributed by atoms with Gasteiger partial charge in [-0.1, -0.05) is 0 Å². The van der Waals surface area contributed by atoms with Gasteiger partial charge in [-0.15, -0.1) is 4.74 Å². The van der Waals surface area contributed by atoms with Crippen molar-refractivity contribution in [3.8, 4) is 0 Å². The number of thiocarbonyl (C=S) groups is 1. The molecule has 17 heavy (non-hydrogen) atoms. The van der Waals surface area contributed by atoms with E-state index in [1.54, 1.807) is 25.9 Å². The number of carbonyl (C=O) groups is 1. The van der Waals surface area contributed by atoms with Crippen molar-refractivity contribution < 1.29 is 14.1 Å². The molecule has 0 fully saturated rings. The second-order valence-electron chi connectivity index (χ2n) is 3.54. The summed E-state index contributed by atoms with van der Waals surface area (Å²) in [6, 6.07) is 0. The summed E-state index contributed by atoms with van der Waals surface area (Å²) in [5.41, 5.74) is -0.375. The van der Waals surface area contributed by atoms with E-state index in [-0.39, 0.29) is 23.0 Å². The molecule has 0 amide bonds. The van der Waals surface area contributed by atoms with Crippen molar-refractivity contribution in [3.05, 3.63) is 21.7 Å². The number of esters is 1. The topological polar surface area (TPSA) is 64.7 Å². The summed E-state index contributed by atoms with van der Waals surface area (Å²) in [7, 11) is 3.37. The second-order valence-corrected chi connectivity index (χ2v) is 3.91. The van der Waals surface area contributed by atoms with Gasteiger partial charge >= 0.3 is 11.6 Å². The fraction of sp³-hybridized carbons (Fsp3) is 0.500. The zero-order valence-corrected chi connectivity index (χ0v) is 11.0. The normalized spacial score (nSPS) is 10.1. The van der Waals surface area contributed by atoms with Gasteiger partial charge in [-0.3, -0.25) is 0 Å². The van der Waals surface area contributed by atoms with Crippen molar-refractivity contribution in [1.29, 1.82) is 0 Å². The van der Waals surface area contributed by atoms with Crippen LogP contribution in [0.4, 0.5) is 0 Å². The van der Waals surface area contributed by atoms with Crippen LogP contribution in [0.15, 0.2) is 9.32 Å². The molecule has 0 spiro atoms. The number of carbonyl (C=O) groups excluding carboxylic acids is 1. The number of hydrogen-bond acceptors (Lipinski definition) is 5. The zero-order chi connectivity index (χ0) is 13.2. The Balaban J connectivity index is 3.32. The minimum Gasteiger partial charge on any atom is -0.461 e. The lowest BCUT2D eigenvalue weighted by molar-refractivity contribution is 0.0507. The molecule has 0 aliphatic rings. The van der Waals surface area contributed by atoms with Gasteiger partial charge in [-0.2, -0.15) is 0 Å². The molecule has 0 saturated heterocycles. The monoisotopic (exact) mass is 258 g/mol. The largest absolute Gasteiger partial charge is 0.461 e. The first-order valence-electron chi connectivity index (χ1n) is 5.01. The molecule has 0 aromatic carbocycles. The molecule has 94 valence electrons. The molecule has 0 radical (unpaired) electrons. The van der Waals surface area contributed by atoms with Crippen LogP contribution in [-0.4, -0.2) is 41.4 Å². The van der Waals surface area contributed by atoms with Gasteiger partial charge in [0.1, 0.15) is 0 Å². The third kappa shape index (κ3) is 2.55. The van der Waals surface area contributed by atoms with Crippen LogP contribution in [0, 0.1) is 6.92 Å². The van der Waals surface area contributed by atoms with Crippen LogP contribution in [0.1, 0.15) is 23.0 Å². The van der Waals surface area contributed by atoms with E-state index in [1.807, 2.05) is 0 Å².